The van der Waals surface area contributed by atoms with Crippen molar-refractivity contribution >= 4 is 28.1 Å². The fraction of sp³-hybridized carbons (Fsp3) is 0.364. The predicted octanol–water partition coefficient (Wildman–Crippen LogP) is 3.98. The summed E-state index contributed by atoms with van der Waals surface area (Å²) >= 11 is 1.76. The van der Waals surface area contributed by atoms with Gasteiger partial charge in [-0.05, 0) is 61.7 Å². The van der Waals surface area contributed by atoms with E-state index in [-0.39, 0.29) is 11.5 Å². The summed E-state index contributed by atoms with van der Waals surface area (Å²) in [6.45, 7) is 2.46. The van der Waals surface area contributed by atoms with Crippen molar-refractivity contribution in [3.63, 3.8) is 0 Å². The van der Waals surface area contributed by atoms with Crippen LogP contribution in [0.2, 0.25) is 0 Å². The van der Waals surface area contributed by atoms with Crippen molar-refractivity contribution < 1.29 is 9.53 Å². The van der Waals surface area contributed by atoms with E-state index in [1.807, 2.05) is 25.1 Å². The molecule has 0 spiro atoms. The van der Waals surface area contributed by atoms with Crippen molar-refractivity contribution in [2.24, 2.45) is 0 Å². The first kappa shape index (κ1) is 20.1. The number of carbonyl (C=O) groups excluding carboxylic acids is 1. The van der Waals surface area contributed by atoms with Gasteiger partial charge in [0.05, 0.1) is 12.6 Å². The molecule has 2 heterocycles. The van der Waals surface area contributed by atoms with E-state index in [1.165, 1.54) is 4.88 Å². The highest BCUT2D eigenvalue weighted by Gasteiger charge is 2.10. The third-order valence-corrected chi connectivity index (χ3v) is 5.80. The molecule has 148 valence electrons. The third-order valence-electron chi connectivity index (χ3n) is 4.87. The van der Waals surface area contributed by atoms with Crippen molar-refractivity contribution in [1.29, 1.82) is 0 Å². The van der Waals surface area contributed by atoms with Crippen LogP contribution in [0.15, 0.2) is 40.5 Å². The molecule has 2 aromatic heterocycles. The molecule has 0 fully saturated rings. The average Bonchev–Trinajstić information content (AvgIpc) is 3.20. The number of unbranched alkanes of at least 4 members (excludes halogenated alkanes) is 1. The van der Waals surface area contributed by atoms with Gasteiger partial charge in [0.25, 0.3) is 5.56 Å². The molecule has 0 radical (unpaired) electrons. The summed E-state index contributed by atoms with van der Waals surface area (Å²) in [5.41, 5.74) is 2.32. The monoisotopic (exact) mass is 398 g/mol. The largest absolute Gasteiger partial charge is 0.495 e. The van der Waals surface area contributed by atoms with Crippen LogP contribution in [0.25, 0.3) is 10.9 Å². The molecule has 2 N–H and O–H groups in total. The Morgan fingerprint density at radius 3 is 2.82 bits per heavy atom. The smallest absolute Gasteiger partial charge is 0.251 e. The van der Waals surface area contributed by atoms with E-state index in [2.05, 4.69) is 27.8 Å². The molecule has 3 aromatic rings. The highest BCUT2D eigenvalue weighted by Crippen LogP contribution is 2.25. The second-order valence-electron chi connectivity index (χ2n) is 6.88. The molecule has 0 aliphatic carbocycles. The standard InChI is InChI=1S/C22H26N2O3S/c1-15-9-10-19(27-2)21-18(15)14-16(22(26)24-21)11-12-23-20(25)8-4-3-6-17-7-5-13-28-17/h5,7,9-10,13-14H,3-4,6,8,11-12H2,1-2H3,(H,23,25)(H,24,26). The number of aromatic nitrogens is 1. The zero-order chi connectivity index (χ0) is 19.9. The Kier molecular flexibility index (Phi) is 6.87. The van der Waals surface area contributed by atoms with E-state index in [0.717, 1.165) is 30.2 Å². The molecule has 28 heavy (non-hydrogen) atoms. The second kappa shape index (κ2) is 9.55. The van der Waals surface area contributed by atoms with Crippen LogP contribution >= 0.6 is 11.3 Å². The summed E-state index contributed by atoms with van der Waals surface area (Å²) in [7, 11) is 1.59. The van der Waals surface area contributed by atoms with Gasteiger partial charge in [-0.2, -0.15) is 0 Å². The average molecular weight is 399 g/mol. The highest BCUT2D eigenvalue weighted by molar-refractivity contribution is 7.09. The number of hydrogen-bond donors (Lipinski definition) is 2. The van der Waals surface area contributed by atoms with E-state index >= 15 is 0 Å². The van der Waals surface area contributed by atoms with Gasteiger partial charge in [0, 0.05) is 28.8 Å². The first-order valence-electron chi connectivity index (χ1n) is 9.57. The minimum atomic E-state index is -0.137. The molecule has 0 saturated carbocycles. The number of aryl methyl sites for hydroxylation is 2. The first-order valence-corrected chi connectivity index (χ1v) is 10.4. The molecule has 0 unspecified atom stereocenters. The van der Waals surface area contributed by atoms with Crippen LogP contribution in [0, 0.1) is 6.92 Å². The minimum absolute atomic E-state index is 0.0428. The number of aromatic amines is 1. The topological polar surface area (TPSA) is 71.2 Å². The number of methoxy groups -OCH3 is 1. The molecule has 0 bridgehead atoms. The quantitative estimate of drug-likeness (QED) is 0.536. The number of thiophene rings is 1. The maximum absolute atomic E-state index is 12.4. The van der Waals surface area contributed by atoms with Gasteiger partial charge in [0.2, 0.25) is 5.91 Å². The highest BCUT2D eigenvalue weighted by atomic mass is 32.1. The van der Waals surface area contributed by atoms with Crippen molar-refractivity contribution in [2.45, 2.75) is 39.0 Å². The summed E-state index contributed by atoms with van der Waals surface area (Å²) in [5, 5.41) is 5.97. The molecule has 0 aliphatic rings. The minimum Gasteiger partial charge on any atom is -0.495 e. The molecule has 1 aromatic carbocycles. The van der Waals surface area contributed by atoms with Crippen LogP contribution in [0.3, 0.4) is 0 Å². The number of amides is 1. The van der Waals surface area contributed by atoms with Crippen molar-refractivity contribution in [2.75, 3.05) is 13.7 Å². The summed E-state index contributed by atoms with van der Waals surface area (Å²) in [6.07, 6.45) is 3.94. The Bertz CT molecular complexity index is 993. The Balaban J connectivity index is 1.51. The summed E-state index contributed by atoms with van der Waals surface area (Å²) in [6, 6.07) is 9.91. The lowest BCUT2D eigenvalue weighted by Gasteiger charge is -2.10. The molecular weight excluding hydrogens is 372 g/mol. The van der Waals surface area contributed by atoms with Crippen molar-refractivity contribution in [3.05, 3.63) is 62.1 Å². The van der Waals surface area contributed by atoms with E-state index in [1.54, 1.807) is 18.4 Å². The van der Waals surface area contributed by atoms with Crippen molar-refractivity contribution in [1.82, 2.24) is 10.3 Å². The lowest BCUT2D eigenvalue weighted by atomic mass is 10.1. The van der Waals surface area contributed by atoms with E-state index in [0.29, 0.717) is 36.2 Å². The number of H-pyrrole nitrogens is 1. The fourth-order valence-electron chi connectivity index (χ4n) is 3.27. The SMILES string of the molecule is COc1ccc(C)c2cc(CCNC(=O)CCCCc3cccs3)c(=O)[nH]c12. The van der Waals surface area contributed by atoms with Gasteiger partial charge < -0.3 is 15.0 Å². The molecule has 0 atom stereocenters. The molecule has 3 rings (SSSR count). The lowest BCUT2D eigenvalue weighted by molar-refractivity contribution is -0.121. The summed E-state index contributed by atoms with van der Waals surface area (Å²) in [4.78, 5) is 28.7. The molecular formula is C22H26N2O3S. The number of pyridine rings is 1. The second-order valence-corrected chi connectivity index (χ2v) is 7.92. The number of carbonyl (C=O) groups is 1. The summed E-state index contributed by atoms with van der Waals surface area (Å²) < 4.78 is 5.33. The lowest BCUT2D eigenvalue weighted by Crippen LogP contribution is -2.27. The normalized spacial score (nSPS) is 10.9. The van der Waals surface area contributed by atoms with E-state index in [9.17, 15) is 9.59 Å². The zero-order valence-electron chi connectivity index (χ0n) is 16.3. The Hall–Kier alpha value is -2.60. The molecule has 5 nitrogen and oxygen atoms in total. The Morgan fingerprint density at radius 2 is 2.07 bits per heavy atom. The van der Waals surface area contributed by atoms with Crippen LogP contribution in [-0.2, 0) is 17.6 Å². The van der Waals surface area contributed by atoms with Gasteiger partial charge in [0.15, 0.2) is 0 Å². The van der Waals surface area contributed by atoms with Gasteiger partial charge in [0.1, 0.15) is 5.75 Å². The summed E-state index contributed by atoms with van der Waals surface area (Å²) in [5.74, 6) is 0.696. The molecule has 0 saturated heterocycles. The van der Waals surface area contributed by atoms with Gasteiger partial charge >= 0.3 is 0 Å². The van der Waals surface area contributed by atoms with Gasteiger partial charge in [-0.15, -0.1) is 11.3 Å². The number of nitrogens with one attached hydrogen (secondary N) is 2. The zero-order valence-corrected chi connectivity index (χ0v) is 17.2. The number of fused-ring (bicyclic) bond motifs is 1. The maximum atomic E-state index is 12.4. The van der Waals surface area contributed by atoms with Gasteiger partial charge in [-0.3, -0.25) is 9.59 Å². The fourth-order valence-corrected chi connectivity index (χ4v) is 4.02. The number of rotatable bonds is 9. The van der Waals surface area contributed by atoms with Crippen LogP contribution in [0.4, 0.5) is 0 Å². The predicted molar refractivity (Wildman–Crippen MR) is 114 cm³/mol. The van der Waals surface area contributed by atoms with E-state index in [4.69, 9.17) is 4.74 Å². The van der Waals surface area contributed by atoms with Gasteiger partial charge in [-0.25, -0.2) is 0 Å². The Labute approximate surface area is 168 Å². The Morgan fingerprint density at radius 1 is 1.21 bits per heavy atom. The van der Waals surface area contributed by atoms with Crippen LogP contribution in [-0.4, -0.2) is 24.5 Å². The van der Waals surface area contributed by atoms with Crippen LogP contribution in [0.5, 0.6) is 5.75 Å². The number of ether oxygens (including phenoxy) is 1. The number of benzene rings is 1. The van der Waals surface area contributed by atoms with Crippen LogP contribution < -0.4 is 15.6 Å². The molecule has 0 aliphatic heterocycles. The molecule has 1 amide bonds. The maximum Gasteiger partial charge on any atom is 0.251 e. The third kappa shape index (κ3) is 5.01. The van der Waals surface area contributed by atoms with Crippen molar-refractivity contribution in [3.8, 4) is 5.75 Å². The van der Waals surface area contributed by atoms with Crippen LogP contribution in [0.1, 0.15) is 35.3 Å². The van der Waals surface area contributed by atoms with E-state index < -0.39 is 0 Å². The van der Waals surface area contributed by atoms with Gasteiger partial charge in [-0.1, -0.05) is 12.1 Å². The number of hydrogen-bond acceptors (Lipinski definition) is 4. The molecule has 6 heteroatoms. The first-order chi connectivity index (χ1) is 13.6.